The van der Waals surface area contributed by atoms with E-state index in [1.807, 2.05) is 0 Å². The van der Waals surface area contributed by atoms with Crippen LogP contribution < -0.4 is 0 Å². The Balaban J connectivity index is 1.44. The zero-order valence-electron chi connectivity index (χ0n) is 29.2. The van der Waals surface area contributed by atoms with Crippen LogP contribution in [0.1, 0.15) is 22.8 Å². The Labute approximate surface area is 311 Å². The van der Waals surface area contributed by atoms with E-state index in [9.17, 15) is 0 Å². The van der Waals surface area contributed by atoms with Crippen LogP contribution in [-0.2, 0) is 0 Å². The van der Waals surface area contributed by atoms with Gasteiger partial charge in [-0.2, -0.15) is 0 Å². The molecule has 252 valence electrons. The van der Waals surface area contributed by atoms with Crippen molar-refractivity contribution in [1.82, 2.24) is 19.5 Å². The molecule has 0 spiro atoms. The van der Waals surface area contributed by atoms with Gasteiger partial charge in [0.25, 0.3) is 0 Å². The van der Waals surface area contributed by atoms with E-state index in [1.54, 1.807) is 0 Å². The van der Waals surface area contributed by atoms with Crippen molar-refractivity contribution in [1.29, 1.82) is 0 Å². The summed E-state index contributed by atoms with van der Waals surface area (Å²) in [5.41, 5.74) is 13.4. The molecule has 4 nitrogen and oxygen atoms in total. The highest BCUT2D eigenvalue weighted by molar-refractivity contribution is 6.15. The van der Waals surface area contributed by atoms with E-state index in [0.29, 0.717) is 0 Å². The molecule has 11 rings (SSSR count). The first-order valence-corrected chi connectivity index (χ1v) is 18.3. The number of nitrogens with zero attached hydrogens (tertiary/aromatic N) is 3. The zero-order chi connectivity index (χ0) is 35.6. The third-order valence-corrected chi connectivity index (χ3v) is 10.6. The average Bonchev–Trinajstić information content (AvgIpc) is 4.02. The van der Waals surface area contributed by atoms with E-state index >= 15 is 0 Å². The van der Waals surface area contributed by atoms with Gasteiger partial charge in [0.1, 0.15) is 0 Å². The highest BCUT2D eigenvalue weighted by Gasteiger charge is 2.24. The van der Waals surface area contributed by atoms with E-state index in [4.69, 9.17) is 9.97 Å². The first-order valence-electron chi connectivity index (χ1n) is 18.3. The lowest BCUT2D eigenvalue weighted by atomic mass is 9.90. The summed E-state index contributed by atoms with van der Waals surface area (Å²) in [6, 6.07) is 58.9. The van der Waals surface area contributed by atoms with Gasteiger partial charge in [-0.25, -0.2) is 9.97 Å². The van der Waals surface area contributed by atoms with Crippen molar-refractivity contribution in [3.05, 3.63) is 187 Å². The zero-order valence-corrected chi connectivity index (χ0v) is 29.2. The number of aromatic amines is 1. The van der Waals surface area contributed by atoms with Crippen molar-refractivity contribution < 1.29 is 0 Å². The number of rotatable bonds is 3. The molecule has 0 saturated carbocycles. The fourth-order valence-electron chi connectivity index (χ4n) is 8.28. The molecule has 0 amide bonds. The fraction of sp³-hybridized carbons (Fsp3) is 0. The molecule has 54 heavy (non-hydrogen) atoms. The largest absolute Gasteiger partial charge is 0.355 e. The van der Waals surface area contributed by atoms with Gasteiger partial charge in [0.2, 0.25) is 0 Å². The minimum Gasteiger partial charge on any atom is -0.355 e. The average molecular weight is 689 g/mol. The lowest BCUT2D eigenvalue weighted by Crippen LogP contribution is -1.96. The summed E-state index contributed by atoms with van der Waals surface area (Å²) in [5.74, 6) is 0. The molecule has 5 heterocycles. The molecule has 0 atom stereocenters. The van der Waals surface area contributed by atoms with Crippen molar-refractivity contribution in [3.8, 4) is 27.9 Å². The number of nitrogens with one attached hydrogen (secondary N) is 1. The Morgan fingerprint density at radius 2 is 0.778 bits per heavy atom. The SMILES string of the molecule is C1=Cc2cc3c(-c4cccc5ccccc45)c(-c4cccc5ccccc45)c(cc4nc(cc5ccc(cc1n2)[nH]5)C=C4)n3-c1cccc2ccccc12. The molecule has 0 fully saturated rings. The number of H-pyrrole nitrogens is 1. The maximum absolute atomic E-state index is 5.19. The predicted octanol–water partition coefficient (Wildman–Crippen LogP) is 12.9. The van der Waals surface area contributed by atoms with Gasteiger partial charge in [0.15, 0.2) is 0 Å². The summed E-state index contributed by atoms with van der Waals surface area (Å²) >= 11 is 0. The van der Waals surface area contributed by atoms with Crippen LogP contribution in [0.15, 0.2) is 164 Å². The van der Waals surface area contributed by atoms with Gasteiger partial charge in [-0.3, -0.25) is 0 Å². The van der Waals surface area contributed by atoms with Crippen LogP contribution in [-0.4, -0.2) is 19.5 Å². The summed E-state index contributed by atoms with van der Waals surface area (Å²) in [6.45, 7) is 0. The highest BCUT2D eigenvalue weighted by Crippen LogP contribution is 2.47. The Hall–Kier alpha value is -7.30. The molecule has 4 heteroatoms. The van der Waals surface area contributed by atoms with Crippen LogP contribution in [0, 0.1) is 0 Å². The van der Waals surface area contributed by atoms with Crippen molar-refractivity contribution in [2.75, 3.05) is 0 Å². The van der Waals surface area contributed by atoms with Crippen molar-refractivity contribution in [2.24, 2.45) is 0 Å². The third kappa shape index (κ3) is 5.00. The third-order valence-electron chi connectivity index (χ3n) is 10.6. The standard InChI is InChI=1S/C50H32N4/c1-4-16-41-32(10-1)13-7-19-44(41)49-47-30-39-26-24-37(52-39)28-35-22-23-36(51-35)29-38-25-27-40(53-38)31-48(50(49)45-20-8-14-33-11-2-5-17-42(33)45)54(47)46-21-9-15-34-12-3-6-18-43(34)46/h1-31,51H. The molecular weight excluding hydrogens is 657 g/mol. The van der Waals surface area contributed by atoms with E-state index < -0.39 is 0 Å². The lowest BCUT2D eigenvalue weighted by Gasteiger charge is -2.12. The molecule has 2 aliphatic rings. The van der Waals surface area contributed by atoms with E-state index in [1.165, 1.54) is 26.9 Å². The van der Waals surface area contributed by atoms with Gasteiger partial charge < -0.3 is 9.55 Å². The molecule has 6 aromatic carbocycles. The van der Waals surface area contributed by atoms with Gasteiger partial charge in [0.05, 0.1) is 39.5 Å². The topological polar surface area (TPSA) is 46.5 Å². The fourth-order valence-corrected chi connectivity index (χ4v) is 8.28. The van der Waals surface area contributed by atoms with Gasteiger partial charge in [-0.15, -0.1) is 0 Å². The number of hydrogen-bond acceptors (Lipinski definition) is 2. The molecule has 0 saturated heterocycles. The molecule has 9 aromatic rings. The molecule has 0 aliphatic carbocycles. The molecule has 0 unspecified atom stereocenters. The predicted molar refractivity (Wildman–Crippen MR) is 227 cm³/mol. The van der Waals surface area contributed by atoms with E-state index in [-0.39, 0.29) is 0 Å². The Bertz CT molecular complexity index is 3040. The second-order valence-electron chi connectivity index (χ2n) is 13.9. The summed E-state index contributed by atoms with van der Waals surface area (Å²) in [6.07, 6.45) is 8.44. The van der Waals surface area contributed by atoms with Crippen LogP contribution >= 0.6 is 0 Å². The Morgan fingerprint density at radius 1 is 0.370 bits per heavy atom. The normalized spacial score (nSPS) is 12.3. The molecular formula is C50H32N4. The first-order chi connectivity index (χ1) is 26.7. The number of benzene rings is 6. The number of aromatic nitrogens is 4. The first kappa shape index (κ1) is 30.3. The second kappa shape index (κ2) is 12.1. The Morgan fingerprint density at radius 3 is 1.30 bits per heavy atom. The minimum absolute atomic E-state index is 0.886. The maximum atomic E-state index is 5.19. The van der Waals surface area contributed by atoms with E-state index in [2.05, 4.69) is 198 Å². The second-order valence-corrected chi connectivity index (χ2v) is 13.9. The quantitative estimate of drug-likeness (QED) is 0.201. The van der Waals surface area contributed by atoms with Crippen LogP contribution in [0.25, 0.3) is 107 Å². The molecule has 2 aliphatic heterocycles. The number of hydrogen-bond donors (Lipinski definition) is 1. The summed E-state index contributed by atoms with van der Waals surface area (Å²) < 4.78 is 2.45. The maximum Gasteiger partial charge on any atom is 0.0658 e. The van der Waals surface area contributed by atoms with Crippen LogP contribution in [0.4, 0.5) is 0 Å². The summed E-state index contributed by atoms with van der Waals surface area (Å²) in [5, 5.41) is 7.11. The smallest absolute Gasteiger partial charge is 0.0658 e. The monoisotopic (exact) mass is 688 g/mol. The molecule has 1 N–H and O–H groups in total. The van der Waals surface area contributed by atoms with Gasteiger partial charge in [-0.1, -0.05) is 121 Å². The molecule has 8 bridgehead atoms. The number of fused-ring (bicyclic) bond motifs is 11. The highest BCUT2D eigenvalue weighted by atomic mass is 15.0. The van der Waals surface area contributed by atoms with Gasteiger partial charge in [0, 0.05) is 27.5 Å². The van der Waals surface area contributed by atoms with Crippen LogP contribution in [0.2, 0.25) is 0 Å². The van der Waals surface area contributed by atoms with Crippen molar-refractivity contribution >= 4 is 78.7 Å². The van der Waals surface area contributed by atoms with Crippen LogP contribution in [0.5, 0.6) is 0 Å². The van der Waals surface area contributed by atoms with Crippen LogP contribution in [0.3, 0.4) is 0 Å². The lowest BCUT2D eigenvalue weighted by molar-refractivity contribution is 1.19. The van der Waals surface area contributed by atoms with Gasteiger partial charge >= 0.3 is 0 Å². The summed E-state index contributed by atoms with van der Waals surface area (Å²) in [7, 11) is 0. The summed E-state index contributed by atoms with van der Waals surface area (Å²) in [4.78, 5) is 13.9. The van der Waals surface area contributed by atoms with E-state index in [0.717, 1.165) is 78.2 Å². The Kier molecular flexibility index (Phi) is 6.82. The van der Waals surface area contributed by atoms with Crippen molar-refractivity contribution in [2.45, 2.75) is 0 Å². The molecule has 3 aromatic heterocycles. The minimum atomic E-state index is 0.886. The van der Waals surface area contributed by atoms with Crippen molar-refractivity contribution in [3.63, 3.8) is 0 Å². The van der Waals surface area contributed by atoms with Gasteiger partial charge in [-0.05, 0) is 105 Å². The molecule has 0 radical (unpaired) electrons.